The van der Waals surface area contributed by atoms with Crippen LogP contribution < -0.4 is 19.5 Å². The number of carbonyl (C=O) groups excluding carboxylic acids is 1. The fourth-order valence-corrected chi connectivity index (χ4v) is 2.97. The summed E-state index contributed by atoms with van der Waals surface area (Å²) >= 11 is 0. The van der Waals surface area contributed by atoms with Crippen molar-refractivity contribution in [1.29, 1.82) is 0 Å². The lowest BCUT2D eigenvalue weighted by Gasteiger charge is -2.13. The van der Waals surface area contributed by atoms with Crippen LogP contribution in [0.3, 0.4) is 0 Å². The molecule has 0 saturated carbocycles. The minimum Gasteiger partial charge on any atom is -0.490 e. The fourth-order valence-electron chi connectivity index (χ4n) is 2.97. The number of hydrogen-bond donors (Lipinski definition) is 1. The molecular weight excluding hydrogens is 428 g/mol. The maximum Gasteiger partial charge on any atom is 0.248 e. The van der Waals surface area contributed by atoms with Gasteiger partial charge in [0.25, 0.3) is 0 Å². The molecule has 1 N–H and O–H groups in total. The second kappa shape index (κ2) is 11.7. The van der Waals surface area contributed by atoms with Crippen LogP contribution in [0, 0.1) is 18.6 Å². The summed E-state index contributed by atoms with van der Waals surface area (Å²) in [7, 11) is 0. The van der Waals surface area contributed by atoms with E-state index in [0.29, 0.717) is 35.1 Å². The second-order valence-electron chi connectivity index (χ2n) is 7.07. The van der Waals surface area contributed by atoms with Crippen LogP contribution in [-0.4, -0.2) is 25.7 Å². The lowest BCUT2D eigenvalue weighted by atomic mass is 10.1. The number of nitrogens with one attached hydrogen (secondary N) is 1. The highest BCUT2D eigenvalue weighted by atomic mass is 19.1. The van der Waals surface area contributed by atoms with Crippen LogP contribution in [0.4, 0.5) is 14.5 Å². The zero-order chi connectivity index (χ0) is 23.6. The molecule has 0 aliphatic rings. The van der Waals surface area contributed by atoms with Crippen LogP contribution in [0.2, 0.25) is 0 Å². The molecule has 0 heterocycles. The topological polar surface area (TPSA) is 56.8 Å². The first-order chi connectivity index (χ1) is 15.9. The summed E-state index contributed by atoms with van der Waals surface area (Å²) in [4.78, 5) is 12.2. The molecule has 0 saturated heterocycles. The Bertz CT molecular complexity index is 1110. The molecule has 7 heteroatoms. The van der Waals surface area contributed by atoms with E-state index in [1.165, 1.54) is 36.4 Å². The Morgan fingerprint density at radius 2 is 1.61 bits per heavy atom. The standard InChI is InChI=1S/C26H25F2NO4/c1-3-31-25-17-19(5-13-26(30)29-23-11-8-21(28)16-18(23)2)4-12-24(25)33-15-14-32-22-9-6-20(27)7-10-22/h4-13,16-17H,3,14-15H2,1-2H3,(H,29,30)/b13-5+. The second-order valence-corrected chi connectivity index (χ2v) is 7.07. The molecule has 3 aromatic carbocycles. The predicted molar refractivity (Wildman–Crippen MR) is 124 cm³/mol. The molecule has 0 aliphatic carbocycles. The molecular formula is C26H25F2NO4. The van der Waals surface area contributed by atoms with Gasteiger partial charge >= 0.3 is 0 Å². The first kappa shape index (κ1) is 23.8. The van der Waals surface area contributed by atoms with Gasteiger partial charge in [0.2, 0.25) is 5.91 Å². The third kappa shape index (κ3) is 7.35. The number of halogens is 2. The summed E-state index contributed by atoms with van der Waals surface area (Å²) < 4.78 is 43.1. The highest BCUT2D eigenvalue weighted by molar-refractivity contribution is 6.02. The largest absolute Gasteiger partial charge is 0.490 e. The van der Waals surface area contributed by atoms with Crippen LogP contribution in [0.1, 0.15) is 18.1 Å². The van der Waals surface area contributed by atoms with Crippen LogP contribution in [0.15, 0.2) is 66.7 Å². The lowest BCUT2D eigenvalue weighted by Crippen LogP contribution is -2.10. The number of rotatable bonds is 10. The molecule has 0 atom stereocenters. The van der Waals surface area contributed by atoms with Crippen molar-refractivity contribution in [1.82, 2.24) is 0 Å². The summed E-state index contributed by atoms with van der Waals surface area (Å²) in [5.41, 5.74) is 1.94. The van der Waals surface area contributed by atoms with Crippen molar-refractivity contribution in [2.24, 2.45) is 0 Å². The Balaban J connectivity index is 1.57. The summed E-state index contributed by atoms with van der Waals surface area (Å²) in [6.45, 7) is 4.58. The zero-order valence-corrected chi connectivity index (χ0v) is 18.4. The molecule has 0 aliphatic heterocycles. The van der Waals surface area contributed by atoms with E-state index in [9.17, 15) is 13.6 Å². The molecule has 3 rings (SSSR count). The molecule has 0 aromatic heterocycles. The normalized spacial score (nSPS) is 10.8. The molecule has 1 amide bonds. The number of aryl methyl sites for hydroxylation is 1. The van der Waals surface area contributed by atoms with Crippen LogP contribution in [0.25, 0.3) is 6.08 Å². The summed E-state index contributed by atoms with van der Waals surface area (Å²) in [6, 6.07) is 15.3. The lowest BCUT2D eigenvalue weighted by molar-refractivity contribution is -0.111. The van der Waals surface area contributed by atoms with E-state index >= 15 is 0 Å². The Kier molecular flexibility index (Phi) is 8.41. The Morgan fingerprint density at radius 3 is 2.33 bits per heavy atom. The third-order valence-electron chi connectivity index (χ3n) is 4.56. The van der Waals surface area contributed by atoms with Gasteiger partial charge in [-0.15, -0.1) is 0 Å². The van der Waals surface area contributed by atoms with E-state index in [0.717, 1.165) is 5.56 Å². The third-order valence-corrected chi connectivity index (χ3v) is 4.56. The number of ether oxygens (including phenoxy) is 3. The van der Waals surface area contributed by atoms with Crippen LogP contribution >= 0.6 is 0 Å². The van der Waals surface area contributed by atoms with Crippen molar-refractivity contribution in [2.75, 3.05) is 25.1 Å². The average Bonchev–Trinajstić information content (AvgIpc) is 2.79. The number of amides is 1. The Hall–Kier alpha value is -3.87. The average molecular weight is 453 g/mol. The predicted octanol–water partition coefficient (Wildman–Crippen LogP) is 5.78. The van der Waals surface area contributed by atoms with E-state index < -0.39 is 0 Å². The van der Waals surface area contributed by atoms with Crippen molar-refractivity contribution in [3.63, 3.8) is 0 Å². The number of anilines is 1. The van der Waals surface area contributed by atoms with Crippen molar-refractivity contribution in [3.05, 3.63) is 89.5 Å². The summed E-state index contributed by atoms with van der Waals surface area (Å²) in [5.74, 6) is 0.630. The van der Waals surface area contributed by atoms with Crippen molar-refractivity contribution in [2.45, 2.75) is 13.8 Å². The van der Waals surface area contributed by atoms with E-state index in [1.54, 1.807) is 43.3 Å². The summed E-state index contributed by atoms with van der Waals surface area (Å²) in [6.07, 6.45) is 3.04. The smallest absolute Gasteiger partial charge is 0.248 e. The molecule has 0 radical (unpaired) electrons. The van der Waals surface area contributed by atoms with Gasteiger partial charge in [-0.2, -0.15) is 0 Å². The quantitative estimate of drug-likeness (QED) is 0.312. The zero-order valence-electron chi connectivity index (χ0n) is 18.4. The van der Waals surface area contributed by atoms with Gasteiger partial charge in [-0.05, 0) is 85.6 Å². The van der Waals surface area contributed by atoms with Gasteiger partial charge in [-0.25, -0.2) is 8.78 Å². The van der Waals surface area contributed by atoms with Gasteiger partial charge in [0.05, 0.1) is 6.61 Å². The number of benzene rings is 3. The first-order valence-corrected chi connectivity index (χ1v) is 10.5. The Labute approximate surface area is 191 Å². The molecule has 0 fully saturated rings. The van der Waals surface area contributed by atoms with Crippen molar-refractivity contribution >= 4 is 17.7 Å². The molecule has 0 spiro atoms. The van der Waals surface area contributed by atoms with E-state index in [-0.39, 0.29) is 30.8 Å². The van der Waals surface area contributed by atoms with Crippen LogP contribution in [0.5, 0.6) is 17.2 Å². The molecule has 33 heavy (non-hydrogen) atoms. The van der Waals surface area contributed by atoms with Gasteiger partial charge in [0.1, 0.15) is 30.6 Å². The van der Waals surface area contributed by atoms with Gasteiger partial charge in [-0.3, -0.25) is 4.79 Å². The maximum atomic E-state index is 13.2. The van der Waals surface area contributed by atoms with Gasteiger partial charge in [0.15, 0.2) is 11.5 Å². The minimum atomic E-state index is -0.353. The highest BCUT2D eigenvalue weighted by Crippen LogP contribution is 2.29. The van der Waals surface area contributed by atoms with Crippen LogP contribution in [-0.2, 0) is 4.79 Å². The monoisotopic (exact) mass is 453 g/mol. The van der Waals surface area contributed by atoms with E-state index in [2.05, 4.69) is 5.32 Å². The first-order valence-electron chi connectivity index (χ1n) is 10.5. The summed E-state index contributed by atoms with van der Waals surface area (Å²) in [5, 5.41) is 2.73. The van der Waals surface area contributed by atoms with E-state index in [1.807, 2.05) is 6.92 Å². The van der Waals surface area contributed by atoms with Crippen molar-refractivity contribution < 1.29 is 27.8 Å². The number of hydrogen-bond acceptors (Lipinski definition) is 4. The maximum absolute atomic E-state index is 13.2. The number of carbonyl (C=O) groups is 1. The molecule has 172 valence electrons. The van der Waals surface area contributed by atoms with Gasteiger partial charge in [-0.1, -0.05) is 6.07 Å². The van der Waals surface area contributed by atoms with E-state index in [4.69, 9.17) is 14.2 Å². The highest BCUT2D eigenvalue weighted by Gasteiger charge is 2.07. The van der Waals surface area contributed by atoms with Gasteiger partial charge in [0, 0.05) is 11.8 Å². The van der Waals surface area contributed by atoms with Gasteiger partial charge < -0.3 is 19.5 Å². The molecule has 0 bridgehead atoms. The molecule has 0 unspecified atom stereocenters. The Morgan fingerprint density at radius 1 is 0.879 bits per heavy atom. The minimum absolute atomic E-state index is 0.270. The molecule has 3 aromatic rings. The fraction of sp³-hybridized carbons (Fsp3) is 0.192. The SMILES string of the molecule is CCOc1cc(/C=C/C(=O)Nc2ccc(F)cc2C)ccc1OCCOc1ccc(F)cc1. The van der Waals surface area contributed by atoms with Crippen molar-refractivity contribution in [3.8, 4) is 17.2 Å². The molecule has 5 nitrogen and oxygen atoms in total.